The topological polar surface area (TPSA) is 126 Å². The molecule has 0 radical (unpaired) electrons. The van der Waals surface area contributed by atoms with Crippen LogP contribution in [0.2, 0.25) is 0 Å². The summed E-state index contributed by atoms with van der Waals surface area (Å²) in [6.45, 7) is 3.81. The SMILES string of the molecule is COc1ccc2c3c([nH]c2c1)C(C=C(C)C)N1C(=O)C2(O)CCCN2C(=O)C1(O)C3O. The van der Waals surface area contributed by atoms with Crippen molar-refractivity contribution in [2.75, 3.05) is 13.7 Å². The Morgan fingerprint density at radius 1 is 1.26 bits per heavy atom. The highest BCUT2D eigenvalue weighted by Gasteiger charge is 2.70. The maximum absolute atomic E-state index is 13.5. The molecule has 0 aliphatic carbocycles. The predicted octanol–water partition coefficient (Wildman–Crippen LogP) is 1.07. The normalized spacial score (nSPS) is 32.1. The van der Waals surface area contributed by atoms with E-state index < -0.39 is 35.4 Å². The number of hydrogen-bond donors (Lipinski definition) is 4. The summed E-state index contributed by atoms with van der Waals surface area (Å²) in [5.41, 5.74) is -2.25. The summed E-state index contributed by atoms with van der Waals surface area (Å²) in [7, 11) is 1.54. The number of fused-ring (bicyclic) bond motifs is 5. The minimum absolute atomic E-state index is 0.0819. The monoisotopic (exact) mass is 427 g/mol. The molecule has 9 nitrogen and oxygen atoms in total. The molecule has 1 aromatic carbocycles. The Morgan fingerprint density at radius 3 is 2.68 bits per heavy atom. The molecule has 5 rings (SSSR count). The third-order valence-electron chi connectivity index (χ3n) is 6.64. The van der Waals surface area contributed by atoms with Crippen LogP contribution in [0, 0.1) is 0 Å². The van der Waals surface area contributed by atoms with E-state index >= 15 is 0 Å². The van der Waals surface area contributed by atoms with Crippen LogP contribution in [-0.4, -0.2) is 67.0 Å². The average molecular weight is 427 g/mol. The highest BCUT2D eigenvalue weighted by Crippen LogP contribution is 2.53. The van der Waals surface area contributed by atoms with Gasteiger partial charge in [-0.05, 0) is 32.4 Å². The van der Waals surface area contributed by atoms with Gasteiger partial charge in [-0.15, -0.1) is 0 Å². The highest BCUT2D eigenvalue weighted by atomic mass is 16.5. The molecule has 2 aromatic rings. The van der Waals surface area contributed by atoms with E-state index in [1.54, 1.807) is 31.4 Å². The Bertz CT molecular complexity index is 1150. The number of carbonyl (C=O) groups excluding carboxylic acids is 2. The molecule has 3 aliphatic rings. The maximum atomic E-state index is 13.5. The first-order valence-corrected chi connectivity index (χ1v) is 10.3. The van der Waals surface area contributed by atoms with Crippen LogP contribution >= 0.6 is 0 Å². The number of aliphatic hydroxyl groups is 3. The highest BCUT2D eigenvalue weighted by molar-refractivity contribution is 6.03. The van der Waals surface area contributed by atoms with Crippen LogP contribution < -0.4 is 4.74 Å². The Balaban J connectivity index is 1.81. The number of aromatic nitrogens is 1. The van der Waals surface area contributed by atoms with Gasteiger partial charge in [0.1, 0.15) is 11.9 Å². The van der Waals surface area contributed by atoms with Crippen molar-refractivity contribution in [1.29, 1.82) is 0 Å². The molecule has 0 bridgehead atoms. The van der Waals surface area contributed by atoms with Crippen molar-refractivity contribution in [3.63, 3.8) is 0 Å². The molecule has 4 heterocycles. The lowest BCUT2D eigenvalue weighted by atomic mass is 9.81. The summed E-state index contributed by atoms with van der Waals surface area (Å²) in [5.74, 6) is -1.08. The van der Waals surface area contributed by atoms with Crippen LogP contribution in [0.3, 0.4) is 0 Å². The molecule has 1 aromatic heterocycles. The summed E-state index contributed by atoms with van der Waals surface area (Å²) < 4.78 is 5.28. The molecule has 2 fully saturated rings. The lowest BCUT2D eigenvalue weighted by Crippen LogP contribution is -2.78. The molecule has 3 aliphatic heterocycles. The minimum Gasteiger partial charge on any atom is -0.497 e. The summed E-state index contributed by atoms with van der Waals surface area (Å²) in [6.07, 6.45) is 0.544. The first kappa shape index (κ1) is 20.0. The Morgan fingerprint density at radius 2 is 2.00 bits per heavy atom. The number of allylic oxidation sites excluding steroid dienone is 1. The van der Waals surface area contributed by atoms with Crippen LogP contribution in [-0.2, 0) is 9.59 Å². The number of benzene rings is 1. The van der Waals surface area contributed by atoms with Crippen LogP contribution in [0.1, 0.15) is 50.1 Å². The number of ether oxygens (including phenoxy) is 1. The lowest BCUT2D eigenvalue weighted by Gasteiger charge is -2.56. The molecule has 2 amide bonds. The Labute approximate surface area is 178 Å². The first-order valence-electron chi connectivity index (χ1n) is 10.3. The van der Waals surface area contributed by atoms with Crippen molar-refractivity contribution in [2.45, 2.75) is 50.3 Å². The van der Waals surface area contributed by atoms with Gasteiger partial charge in [0, 0.05) is 41.2 Å². The number of carbonyl (C=O) groups is 2. The third kappa shape index (κ3) is 2.36. The largest absolute Gasteiger partial charge is 0.497 e. The first-order chi connectivity index (χ1) is 14.6. The number of H-pyrrole nitrogens is 1. The number of amides is 2. The number of nitrogens with one attached hydrogen (secondary N) is 1. The molecule has 4 atom stereocenters. The maximum Gasteiger partial charge on any atom is 0.281 e. The van der Waals surface area contributed by atoms with Gasteiger partial charge in [-0.3, -0.25) is 14.5 Å². The van der Waals surface area contributed by atoms with Gasteiger partial charge in [0.05, 0.1) is 13.2 Å². The molecule has 31 heavy (non-hydrogen) atoms. The molecule has 164 valence electrons. The average Bonchev–Trinajstić information content (AvgIpc) is 3.31. The second-order valence-electron chi connectivity index (χ2n) is 8.73. The zero-order valence-corrected chi connectivity index (χ0v) is 17.5. The fourth-order valence-corrected chi connectivity index (χ4v) is 5.21. The zero-order valence-electron chi connectivity index (χ0n) is 17.5. The number of nitrogens with zero attached hydrogens (tertiary/aromatic N) is 2. The minimum atomic E-state index is -2.54. The third-order valence-corrected chi connectivity index (χ3v) is 6.64. The van der Waals surface area contributed by atoms with Crippen molar-refractivity contribution in [3.8, 4) is 5.75 Å². The summed E-state index contributed by atoms with van der Waals surface area (Å²) in [6, 6.07) is 4.34. The molecule has 9 heteroatoms. The van der Waals surface area contributed by atoms with Crippen LogP contribution in [0.5, 0.6) is 5.75 Å². The number of methoxy groups -OCH3 is 1. The van der Waals surface area contributed by atoms with Gasteiger partial charge < -0.3 is 29.9 Å². The number of aliphatic hydroxyl groups excluding tert-OH is 1. The molecule has 0 spiro atoms. The van der Waals surface area contributed by atoms with E-state index in [9.17, 15) is 24.9 Å². The van der Waals surface area contributed by atoms with Gasteiger partial charge in [-0.2, -0.15) is 0 Å². The molecular weight excluding hydrogens is 402 g/mol. The Kier molecular flexibility index (Phi) is 4.09. The van der Waals surface area contributed by atoms with Gasteiger partial charge in [0.25, 0.3) is 17.5 Å². The number of rotatable bonds is 2. The van der Waals surface area contributed by atoms with E-state index in [1.807, 2.05) is 13.8 Å². The van der Waals surface area contributed by atoms with Gasteiger partial charge in [0.2, 0.25) is 5.72 Å². The van der Waals surface area contributed by atoms with E-state index in [1.165, 1.54) is 0 Å². The van der Waals surface area contributed by atoms with Crippen molar-refractivity contribution in [2.24, 2.45) is 0 Å². The quantitative estimate of drug-likeness (QED) is 0.531. The smallest absolute Gasteiger partial charge is 0.281 e. The molecule has 4 unspecified atom stereocenters. The van der Waals surface area contributed by atoms with Crippen molar-refractivity contribution < 1.29 is 29.6 Å². The number of hydrogen-bond acceptors (Lipinski definition) is 6. The summed E-state index contributed by atoms with van der Waals surface area (Å²) in [4.78, 5) is 32.1. The molecule has 0 saturated carbocycles. The lowest BCUT2D eigenvalue weighted by molar-refractivity contribution is -0.254. The fourth-order valence-electron chi connectivity index (χ4n) is 5.21. The van der Waals surface area contributed by atoms with Gasteiger partial charge in [-0.1, -0.05) is 11.6 Å². The van der Waals surface area contributed by atoms with E-state index in [0.717, 1.165) is 15.4 Å². The van der Waals surface area contributed by atoms with Crippen molar-refractivity contribution in [1.82, 2.24) is 14.8 Å². The van der Waals surface area contributed by atoms with Crippen LogP contribution in [0.15, 0.2) is 29.8 Å². The van der Waals surface area contributed by atoms with E-state index in [4.69, 9.17) is 4.74 Å². The van der Waals surface area contributed by atoms with Gasteiger partial charge in [0.15, 0.2) is 0 Å². The molecule has 2 saturated heterocycles. The van der Waals surface area contributed by atoms with E-state index in [-0.39, 0.29) is 13.0 Å². The van der Waals surface area contributed by atoms with Gasteiger partial charge >= 0.3 is 0 Å². The molecular formula is C22H25N3O6. The molecule has 4 N–H and O–H groups in total. The van der Waals surface area contributed by atoms with E-state index in [2.05, 4.69) is 4.98 Å². The van der Waals surface area contributed by atoms with Gasteiger partial charge in [-0.25, -0.2) is 0 Å². The second kappa shape index (κ2) is 6.32. The fraction of sp³-hybridized carbons (Fsp3) is 0.455. The number of aromatic amines is 1. The summed E-state index contributed by atoms with van der Waals surface area (Å²) >= 11 is 0. The Hall–Kier alpha value is -2.88. The van der Waals surface area contributed by atoms with E-state index in [0.29, 0.717) is 34.3 Å². The predicted molar refractivity (Wildman–Crippen MR) is 110 cm³/mol. The zero-order chi connectivity index (χ0) is 22.3. The second-order valence-corrected chi connectivity index (χ2v) is 8.73. The van der Waals surface area contributed by atoms with Crippen molar-refractivity contribution in [3.05, 3.63) is 41.1 Å². The van der Waals surface area contributed by atoms with Crippen molar-refractivity contribution >= 4 is 22.7 Å². The van der Waals surface area contributed by atoms with Crippen LogP contribution in [0.25, 0.3) is 10.9 Å². The van der Waals surface area contributed by atoms with Crippen LogP contribution in [0.4, 0.5) is 0 Å². The number of piperazine rings is 1. The summed E-state index contributed by atoms with van der Waals surface area (Å²) in [5, 5.41) is 34.7. The standard InChI is InChI=1S/C22H25N3O6/c1-11(2)9-15-17-16(13-6-5-12(31-3)10-14(13)23-17)18(26)22(30)20(28)24-8-4-7-21(24,29)19(27)25(15)22/h5-6,9-10,15,18,23,26,29-30H,4,7-8H2,1-3H3.